The summed E-state index contributed by atoms with van der Waals surface area (Å²) in [5.74, 6) is -0.0301. The van der Waals surface area contributed by atoms with Gasteiger partial charge in [0.15, 0.2) is 17.3 Å². The van der Waals surface area contributed by atoms with E-state index in [1.165, 1.54) is 51.7 Å². The molecule has 0 saturated heterocycles. The van der Waals surface area contributed by atoms with Crippen LogP contribution in [-0.2, 0) is 0 Å². The van der Waals surface area contributed by atoms with E-state index in [9.17, 15) is 9.18 Å². The van der Waals surface area contributed by atoms with E-state index < -0.39 is 11.6 Å². The van der Waals surface area contributed by atoms with Gasteiger partial charge in [-0.1, -0.05) is 15.9 Å². The molecule has 6 heteroatoms. The van der Waals surface area contributed by atoms with Crippen molar-refractivity contribution in [1.29, 1.82) is 0 Å². The monoisotopic (exact) mass is 368 g/mol. The molecule has 0 fully saturated rings. The van der Waals surface area contributed by atoms with E-state index in [1.54, 1.807) is 0 Å². The summed E-state index contributed by atoms with van der Waals surface area (Å²) in [5.41, 5.74) is 0.204. The standard InChI is InChI=1S/C16H14BrFO4/c1-20-13-6-9(7-14(21-2)16(13)22-3)15(19)11-8-10(17)4-5-12(11)18/h4-8H,1-3H3. The van der Waals surface area contributed by atoms with Crippen LogP contribution in [-0.4, -0.2) is 27.1 Å². The first-order chi connectivity index (χ1) is 10.5. The first kappa shape index (κ1) is 16.3. The zero-order valence-electron chi connectivity index (χ0n) is 12.3. The number of ketones is 1. The smallest absolute Gasteiger partial charge is 0.203 e. The zero-order chi connectivity index (χ0) is 16.3. The minimum atomic E-state index is -0.595. The number of benzene rings is 2. The fourth-order valence-corrected chi connectivity index (χ4v) is 2.40. The Balaban J connectivity index is 2.56. The maximum Gasteiger partial charge on any atom is 0.203 e. The molecule has 2 rings (SSSR count). The highest BCUT2D eigenvalue weighted by Crippen LogP contribution is 2.38. The van der Waals surface area contributed by atoms with E-state index in [4.69, 9.17) is 14.2 Å². The zero-order valence-corrected chi connectivity index (χ0v) is 13.9. The summed E-state index contributed by atoms with van der Waals surface area (Å²) in [6.45, 7) is 0. The first-order valence-electron chi connectivity index (χ1n) is 6.31. The number of ether oxygens (including phenoxy) is 3. The van der Waals surface area contributed by atoms with Crippen molar-refractivity contribution in [2.75, 3.05) is 21.3 Å². The Morgan fingerprint density at radius 3 is 2.09 bits per heavy atom. The van der Waals surface area contributed by atoms with E-state index in [0.29, 0.717) is 21.7 Å². The SMILES string of the molecule is COc1cc(C(=O)c2cc(Br)ccc2F)cc(OC)c1OC. The Morgan fingerprint density at radius 1 is 1.00 bits per heavy atom. The van der Waals surface area contributed by atoms with Crippen molar-refractivity contribution in [2.45, 2.75) is 0 Å². The Labute approximate surface area is 135 Å². The molecule has 2 aromatic rings. The van der Waals surface area contributed by atoms with Crippen molar-refractivity contribution < 1.29 is 23.4 Å². The van der Waals surface area contributed by atoms with Gasteiger partial charge < -0.3 is 14.2 Å². The van der Waals surface area contributed by atoms with Crippen LogP contribution >= 0.6 is 15.9 Å². The van der Waals surface area contributed by atoms with Crippen molar-refractivity contribution in [3.8, 4) is 17.2 Å². The molecular weight excluding hydrogens is 355 g/mol. The number of carbonyl (C=O) groups excluding carboxylic acids is 1. The van der Waals surface area contributed by atoms with Crippen molar-refractivity contribution in [3.05, 3.63) is 51.7 Å². The van der Waals surface area contributed by atoms with E-state index in [-0.39, 0.29) is 11.1 Å². The number of carbonyl (C=O) groups is 1. The average Bonchev–Trinajstić information content (AvgIpc) is 2.54. The van der Waals surface area contributed by atoms with Crippen LogP contribution in [0, 0.1) is 5.82 Å². The van der Waals surface area contributed by atoms with Gasteiger partial charge >= 0.3 is 0 Å². The van der Waals surface area contributed by atoms with E-state index in [2.05, 4.69) is 15.9 Å². The summed E-state index contributed by atoms with van der Waals surface area (Å²) in [5, 5.41) is 0. The number of rotatable bonds is 5. The lowest BCUT2D eigenvalue weighted by molar-refractivity contribution is 0.103. The second-order valence-corrected chi connectivity index (χ2v) is 5.28. The van der Waals surface area contributed by atoms with Crippen molar-refractivity contribution in [2.24, 2.45) is 0 Å². The largest absolute Gasteiger partial charge is 0.493 e. The molecule has 0 bridgehead atoms. The van der Waals surface area contributed by atoms with Crippen LogP contribution in [0.4, 0.5) is 4.39 Å². The van der Waals surface area contributed by atoms with Gasteiger partial charge in [-0.05, 0) is 30.3 Å². The van der Waals surface area contributed by atoms with Gasteiger partial charge in [-0.15, -0.1) is 0 Å². The average molecular weight is 369 g/mol. The molecule has 0 N–H and O–H groups in total. The van der Waals surface area contributed by atoms with Crippen molar-refractivity contribution in [1.82, 2.24) is 0 Å². The van der Waals surface area contributed by atoms with Crippen molar-refractivity contribution in [3.63, 3.8) is 0 Å². The summed E-state index contributed by atoms with van der Waals surface area (Å²) < 4.78 is 30.1. The van der Waals surface area contributed by atoms with Crippen LogP contribution in [0.2, 0.25) is 0 Å². The third-order valence-electron chi connectivity index (χ3n) is 3.10. The summed E-state index contributed by atoms with van der Waals surface area (Å²) in [4.78, 5) is 12.5. The lowest BCUT2D eigenvalue weighted by Gasteiger charge is -2.14. The van der Waals surface area contributed by atoms with Crippen LogP contribution in [0.5, 0.6) is 17.2 Å². The molecule has 0 aliphatic rings. The molecule has 0 heterocycles. The van der Waals surface area contributed by atoms with Gasteiger partial charge in [0.25, 0.3) is 0 Å². The van der Waals surface area contributed by atoms with E-state index in [1.807, 2.05) is 0 Å². The highest BCUT2D eigenvalue weighted by atomic mass is 79.9. The van der Waals surface area contributed by atoms with Gasteiger partial charge in [0.1, 0.15) is 5.82 Å². The molecule has 116 valence electrons. The second-order valence-electron chi connectivity index (χ2n) is 4.37. The number of methoxy groups -OCH3 is 3. The van der Waals surface area contributed by atoms with Crippen LogP contribution in [0.25, 0.3) is 0 Å². The molecule has 2 aromatic carbocycles. The lowest BCUT2D eigenvalue weighted by atomic mass is 10.0. The highest BCUT2D eigenvalue weighted by Gasteiger charge is 2.20. The quantitative estimate of drug-likeness (QED) is 0.752. The second kappa shape index (κ2) is 6.79. The molecule has 0 aliphatic heterocycles. The Bertz CT molecular complexity index is 690. The van der Waals surface area contributed by atoms with Crippen LogP contribution in [0.3, 0.4) is 0 Å². The molecule has 0 aliphatic carbocycles. The van der Waals surface area contributed by atoms with Crippen LogP contribution in [0.1, 0.15) is 15.9 Å². The molecule has 22 heavy (non-hydrogen) atoms. The van der Waals surface area contributed by atoms with Gasteiger partial charge in [0.2, 0.25) is 5.75 Å². The Hall–Kier alpha value is -2.08. The first-order valence-corrected chi connectivity index (χ1v) is 7.10. The Kier molecular flexibility index (Phi) is 5.03. The summed E-state index contributed by atoms with van der Waals surface area (Å²) in [6, 6.07) is 7.17. The maximum atomic E-state index is 13.9. The molecule has 0 saturated carbocycles. The highest BCUT2D eigenvalue weighted by molar-refractivity contribution is 9.10. The van der Waals surface area contributed by atoms with Gasteiger partial charge in [-0.25, -0.2) is 4.39 Å². The predicted molar refractivity (Wildman–Crippen MR) is 83.6 cm³/mol. The minimum Gasteiger partial charge on any atom is -0.493 e. The predicted octanol–water partition coefficient (Wildman–Crippen LogP) is 3.85. The normalized spacial score (nSPS) is 10.2. The number of hydrogen-bond acceptors (Lipinski definition) is 4. The molecule has 4 nitrogen and oxygen atoms in total. The van der Waals surface area contributed by atoms with Gasteiger partial charge in [-0.3, -0.25) is 4.79 Å². The topological polar surface area (TPSA) is 44.8 Å². The molecule has 0 aromatic heterocycles. The lowest BCUT2D eigenvalue weighted by Crippen LogP contribution is -2.06. The van der Waals surface area contributed by atoms with Crippen LogP contribution in [0.15, 0.2) is 34.8 Å². The van der Waals surface area contributed by atoms with Gasteiger partial charge in [0, 0.05) is 10.0 Å². The van der Waals surface area contributed by atoms with E-state index in [0.717, 1.165) is 0 Å². The molecular formula is C16H14BrFO4. The molecule has 0 unspecified atom stereocenters. The fourth-order valence-electron chi connectivity index (χ4n) is 2.04. The maximum absolute atomic E-state index is 13.9. The summed E-state index contributed by atoms with van der Waals surface area (Å²) >= 11 is 3.23. The number of hydrogen-bond donors (Lipinski definition) is 0. The third kappa shape index (κ3) is 3.06. The molecule has 0 radical (unpaired) electrons. The van der Waals surface area contributed by atoms with Gasteiger partial charge in [0.05, 0.1) is 26.9 Å². The molecule has 0 spiro atoms. The summed E-state index contributed by atoms with van der Waals surface area (Å²) in [7, 11) is 4.37. The minimum absolute atomic E-state index is 0.0383. The Morgan fingerprint density at radius 2 is 1.59 bits per heavy atom. The van der Waals surface area contributed by atoms with Crippen LogP contribution < -0.4 is 14.2 Å². The fraction of sp³-hybridized carbons (Fsp3) is 0.188. The third-order valence-corrected chi connectivity index (χ3v) is 3.59. The van der Waals surface area contributed by atoms with Gasteiger partial charge in [-0.2, -0.15) is 0 Å². The van der Waals surface area contributed by atoms with E-state index >= 15 is 0 Å². The molecule has 0 amide bonds. The van der Waals surface area contributed by atoms with Crippen molar-refractivity contribution >= 4 is 21.7 Å². The summed E-state index contributed by atoms with van der Waals surface area (Å²) in [6.07, 6.45) is 0. The number of halogens is 2. The molecule has 0 atom stereocenters.